The van der Waals surface area contributed by atoms with Crippen LogP contribution in [0.2, 0.25) is 0 Å². The summed E-state index contributed by atoms with van der Waals surface area (Å²) in [6, 6.07) is 4.39. The number of halogens is 1. The lowest BCUT2D eigenvalue weighted by atomic mass is 10.0. The summed E-state index contributed by atoms with van der Waals surface area (Å²) in [5, 5.41) is 0. The molecule has 3 heteroatoms. The van der Waals surface area contributed by atoms with Crippen molar-refractivity contribution in [2.24, 2.45) is 0 Å². The van der Waals surface area contributed by atoms with Gasteiger partial charge in [0.1, 0.15) is 5.75 Å². The Bertz CT molecular complexity index is 379. The standard InChI is InChI=1S/C15H24ClNO/c1-12-10-13(2)15(18-4)14(11-12)6-9-17(3)8-5-7-16/h10-11H,5-9H2,1-4H3. The molecule has 1 rings (SSSR count). The van der Waals surface area contributed by atoms with Crippen LogP contribution in [0, 0.1) is 13.8 Å². The summed E-state index contributed by atoms with van der Waals surface area (Å²) < 4.78 is 5.50. The molecule has 0 aromatic heterocycles. The van der Waals surface area contributed by atoms with Crippen molar-refractivity contribution in [3.8, 4) is 5.75 Å². The molecular weight excluding hydrogens is 246 g/mol. The molecule has 0 bridgehead atoms. The van der Waals surface area contributed by atoms with E-state index in [1.165, 1.54) is 16.7 Å². The predicted octanol–water partition coefficient (Wildman–Crippen LogP) is 3.42. The fraction of sp³-hybridized carbons (Fsp3) is 0.600. The van der Waals surface area contributed by atoms with E-state index in [4.69, 9.17) is 16.3 Å². The summed E-state index contributed by atoms with van der Waals surface area (Å²) >= 11 is 5.71. The molecule has 0 amide bonds. The van der Waals surface area contributed by atoms with E-state index in [1.54, 1.807) is 7.11 Å². The summed E-state index contributed by atoms with van der Waals surface area (Å²) in [5.74, 6) is 1.77. The lowest BCUT2D eigenvalue weighted by Crippen LogP contribution is -2.23. The molecule has 0 aliphatic carbocycles. The number of aryl methyl sites for hydroxylation is 2. The molecular formula is C15H24ClNO. The first kappa shape index (κ1) is 15.3. The number of benzene rings is 1. The zero-order chi connectivity index (χ0) is 13.5. The molecule has 0 fully saturated rings. The topological polar surface area (TPSA) is 12.5 Å². The molecule has 0 spiro atoms. The predicted molar refractivity (Wildman–Crippen MR) is 79.0 cm³/mol. The second kappa shape index (κ2) is 7.65. The lowest BCUT2D eigenvalue weighted by molar-refractivity contribution is 0.336. The molecule has 1 aromatic carbocycles. The molecule has 18 heavy (non-hydrogen) atoms. The van der Waals surface area contributed by atoms with Crippen molar-refractivity contribution in [1.29, 1.82) is 0 Å². The van der Waals surface area contributed by atoms with Gasteiger partial charge in [0.2, 0.25) is 0 Å². The summed E-state index contributed by atoms with van der Waals surface area (Å²) in [6.07, 6.45) is 2.06. The Labute approximate surface area is 116 Å². The van der Waals surface area contributed by atoms with Crippen LogP contribution >= 0.6 is 11.6 Å². The first-order valence-corrected chi connectivity index (χ1v) is 7.00. The number of nitrogens with zero attached hydrogens (tertiary/aromatic N) is 1. The largest absolute Gasteiger partial charge is 0.496 e. The number of hydrogen-bond donors (Lipinski definition) is 0. The number of rotatable bonds is 7. The fourth-order valence-corrected chi connectivity index (χ4v) is 2.39. The van der Waals surface area contributed by atoms with Gasteiger partial charge in [0, 0.05) is 12.4 Å². The minimum Gasteiger partial charge on any atom is -0.496 e. The fourth-order valence-electron chi connectivity index (χ4n) is 2.27. The van der Waals surface area contributed by atoms with Crippen LogP contribution in [0.4, 0.5) is 0 Å². The van der Waals surface area contributed by atoms with E-state index in [1.807, 2.05) is 0 Å². The zero-order valence-corrected chi connectivity index (χ0v) is 12.7. The van der Waals surface area contributed by atoms with E-state index in [-0.39, 0.29) is 0 Å². The van der Waals surface area contributed by atoms with E-state index < -0.39 is 0 Å². The average Bonchev–Trinajstić information content (AvgIpc) is 2.33. The Kier molecular flexibility index (Phi) is 6.51. The van der Waals surface area contributed by atoms with Crippen molar-refractivity contribution >= 4 is 11.6 Å². The van der Waals surface area contributed by atoms with Gasteiger partial charge in [-0.15, -0.1) is 11.6 Å². The molecule has 0 radical (unpaired) electrons. The smallest absolute Gasteiger partial charge is 0.125 e. The molecule has 0 saturated heterocycles. The van der Waals surface area contributed by atoms with Crippen LogP contribution in [0.15, 0.2) is 12.1 Å². The number of hydrogen-bond acceptors (Lipinski definition) is 2. The molecule has 1 aromatic rings. The van der Waals surface area contributed by atoms with E-state index in [0.717, 1.165) is 37.6 Å². The molecule has 0 N–H and O–H groups in total. The number of alkyl halides is 1. The highest BCUT2D eigenvalue weighted by molar-refractivity contribution is 6.17. The van der Waals surface area contributed by atoms with Crippen molar-refractivity contribution in [3.05, 3.63) is 28.8 Å². The van der Waals surface area contributed by atoms with Gasteiger partial charge < -0.3 is 9.64 Å². The highest BCUT2D eigenvalue weighted by Gasteiger charge is 2.08. The van der Waals surface area contributed by atoms with Gasteiger partial charge in [0.05, 0.1) is 7.11 Å². The first-order chi connectivity index (χ1) is 8.58. The van der Waals surface area contributed by atoms with Crippen molar-refractivity contribution in [2.75, 3.05) is 33.1 Å². The van der Waals surface area contributed by atoms with Crippen LogP contribution in [0.1, 0.15) is 23.1 Å². The Morgan fingerprint density at radius 3 is 2.56 bits per heavy atom. The molecule has 0 heterocycles. The van der Waals surface area contributed by atoms with E-state index in [0.29, 0.717) is 0 Å². The van der Waals surface area contributed by atoms with Gasteiger partial charge in [-0.05, 0) is 51.4 Å². The maximum absolute atomic E-state index is 5.71. The van der Waals surface area contributed by atoms with Crippen molar-refractivity contribution in [1.82, 2.24) is 4.90 Å². The van der Waals surface area contributed by atoms with Crippen molar-refractivity contribution in [3.63, 3.8) is 0 Å². The maximum Gasteiger partial charge on any atom is 0.125 e. The van der Waals surface area contributed by atoms with Crippen LogP contribution in [0.3, 0.4) is 0 Å². The van der Waals surface area contributed by atoms with Crippen LogP contribution in [0.5, 0.6) is 5.75 Å². The average molecular weight is 270 g/mol. The summed E-state index contributed by atoms with van der Waals surface area (Å²) in [7, 11) is 3.89. The van der Waals surface area contributed by atoms with Gasteiger partial charge in [-0.3, -0.25) is 0 Å². The second-order valence-electron chi connectivity index (χ2n) is 4.87. The third-order valence-electron chi connectivity index (χ3n) is 3.14. The molecule has 0 atom stereocenters. The van der Waals surface area contributed by atoms with Crippen molar-refractivity contribution in [2.45, 2.75) is 26.7 Å². The Morgan fingerprint density at radius 2 is 1.94 bits per heavy atom. The van der Waals surface area contributed by atoms with Gasteiger partial charge in [0.25, 0.3) is 0 Å². The quantitative estimate of drug-likeness (QED) is 0.704. The number of likely N-dealkylation sites (N-methyl/N-ethyl adjacent to an activating group) is 1. The Balaban J connectivity index is 2.66. The minimum absolute atomic E-state index is 0.733. The normalized spacial score (nSPS) is 11.0. The minimum atomic E-state index is 0.733. The van der Waals surface area contributed by atoms with Gasteiger partial charge in [-0.2, -0.15) is 0 Å². The van der Waals surface area contributed by atoms with E-state index >= 15 is 0 Å². The SMILES string of the molecule is COc1c(C)cc(C)cc1CCN(C)CCCCl. The Hall–Kier alpha value is -0.730. The molecule has 0 aliphatic heterocycles. The zero-order valence-electron chi connectivity index (χ0n) is 11.9. The summed E-state index contributed by atoms with van der Waals surface area (Å²) in [6.45, 7) is 6.33. The van der Waals surface area contributed by atoms with Gasteiger partial charge in [-0.1, -0.05) is 17.7 Å². The maximum atomic E-state index is 5.71. The van der Waals surface area contributed by atoms with Crippen molar-refractivity contribution < 1.29 is 4.74 Å². The molecule has 0 unspecified atom stereocenters. The number of ether oxygens (including phenoxy) is 1. The summed E-state index contributed by atoms with van der Waals surface area (Å²) in [5.41, 5.74) is 3.82. The van der Waals surface area contributed by atoms with Gasteiger partial charge >= 0.3 is 0 Å². The lowest BCUT2D eigenvalue weighted by Gasteiger charge is -2.18. The van der Waals surface area contributed by atoms with Gasteiger partial charge in [-0.25, -0.2) is 0 Å². The number of methoxy groups -OCH3 is 1. The van der Waals surface area contributed by atoms with Crippen LogP contribution in [-0.4, -0.2) is 38.0 Å². The third kappa shape index (κ3) is 4.51. The Morgan fingerprint density at radius 1 is 1.22 bits per heavy atom. The highest BCUT2D eigenvalue weighted by Crippen LogP contribution is 2.25. The third-order valence-corrected chi connectivity index (χ3v) is 3.40. The van der Waals surface area contributed by atoms with Crippen LogP contribution in [0.25, 0.3) is 0 Å². The first-order valence-electron chi connectivity index (χ1n) is 6.47. The molecule has 2 nitrogen and oxygen atoms in total. The highest BCUT2D eigenvalue weighted by atomic mass is 35.5. The van der Waals surface area contributed by atoms with E-state index in [9.17, 15) is 0 Å². The van der Waals surface area contributed by atoms with Gasteiger partial charge in [0.15, 0.2) is 0 Å². The van der Waals surface area contributed by atoms with Crippen LogP contribution < -0.4 is 4.74 Å². The van der Waals surface area contributed by atoms with Crippen LogP contribution in [-0.2, 0) is 6.42 Å². The molecule has 0 aliphatic rings. The molecule has 102 valence electrons. The van der Waals surface area contributed by atoms with E-state index in [2.05, 4.69) is 37.9 Å². The monoisotopic (exact) mass is 269 g/mol. The molecule has 0 saturated carbocycles. The second-order valence-corrected chi connectivity index (χ2v) is 5.25. The summed E-state index contributed by atoms with van der Waals surface area (Å²) in [4.78, 5) is 2.32.